The fraction of sp³-hybridized carbons (Fsp3) is 0.529. The molecule has 2 aromatic heterocycles. The van der Waals surface area contributed by atoms with Crippen LogP contribution in [0.2, 0.25) is 0 Å². The first-order valence-corrected chi connectivity index (χ1v) is 8.12. The molecule has 6 nitrogen and oxygen atoms in total. The zero-order valence-corrected chi connectivity index (χ0v) is 15.2. The number of rotatable bonds is 4. The minimum Gasteiger partial charge on any atom is -0.464 e. The zero-order chi connectivity index (χ0) is 17.5. The molecule has 0 atom stereocenters. The highest BCUT2D eigenvalue weighted by Crippen LogP contribution is 2.36. The van der Waals surface area contributed by atoms with E-state index in [1.54, 1.807) is 12.4 Å². The van der Waals surface area contributed by atoms with Gasteiger partial charge in [-0.3, -0.25) is 0 Å². The summed E-state index contributed by atoms with van der Waals surface area (Å²) in [5.74, 6) is 2.41. The Morgan fingerprint density at radius 2 is 1.62 bits per heavy atom. The van der Waals surface area contributed by atoms with Gasteiger partial charge in [-0.25, -0.2) is 9.97 Å². The molecule has 0 aromatic carbocycles. The summed E-state index contributed by atoms with van der Waals surface area (Å²) in [6.45, 7) is 10.7. The predicted octanol–water partition coefficient (Wildman–Crippen LogP) is 2.31. The second-order valence-corrected chi connectivity index (χ2v) is 7.27. The molecule has 1 aliphatic rings. The van der Waals surface area contributed by atoms with Crippen LogP contribution in [0.5, 0.6) is 0 Å². The van der Waals surface area contributed by atoms with E-state index in [1.165, 1.54) is 0 Å². The average Bonchev–Trinajstić information content (AvgIpc) is 3.00. The van der Waals surface area contributed by atoms with Crippen LogP contribution in [-0.4, -0.2) is 35.3 Å². The Morgan fingerprint density at radius 3 is 2.12 bits per heavy atom. The van der Waals surface area contributed by atoms with E-state index in [0.29, 0.717) is 12.5 Å². The van der Waals surface area contributed by atoms with Gasteiger partial charge in [0.15, 0.2) is 0 Å². The Hall–Kier alpha value is -1.86. The van der Waals surface area contributed by atoms with Crippen molar-refractivity contribution in [2.45, 2.75) is 52.4 Å². The molecule has 3 heterocycles. The van der Waals surface area contributed by atoms with E-state index < -0.39 is 7.12 Å². The molecule has 0 bridgehead atoms. The highest BCUT2D eigenvalue weighted by molar-refractivity contribution is 6.61. The third-order valence-electron chi connectivity index (χ3n) is 4.71. The molecule has 24 heavy (non-hydrogen) atoms. The fourth-order valence-electron chi connectivity index (χ4n) is 2.50. The van der Waals surface area contributed by atoms with Crippen LogP contribution in [0.15, 0.2) is 28.9 Å². The van der Waals surface area contributed by atoms with Crippen LogP contribution in [0.1, 0.15) is 39.2 Å². The van der Waals surface area contributed by atoms with Gasteiger partial charge in [-0.1, -0.05) is 0 Å². The van der Waals surface area contributed by atoms with Crippen molar-refractivity contribution in [3.05, 3.63) is 36.0 Å². The molecule has 0 saturated carbocycles. The van der Waals surface area contributed by atoms with Gasteiger partial charge in [0.2, 0.25) is 5.95 Å². The van der Waals surface area contributed by atoms with Crippen molar-refractivity contribution < 1.29 is 13.7 Å². The van der Waals surface area contributed by atoms with Crippen LogP contribution >= 0.6 is 0 Å². The van der Waals surface area contributed by atoms with Crippen LogP contribution in [0.4, 0.5) is 5.95 Å². The summed E-state index contributed by atoms with van der Waals surface area (Å²) in [4.78, 5) is 10.8. The van der Waals surface area contributed by atoms with Crippen molar-refractivity contribution in [1.82, 2.24) is 9.97 Å². The third-order valence-corrected chi connectivity index (χ3v) is 4.71. The molecule has 0 unspecified atom stereocenters. The third kappa shape index (κ3) is 3.19. The number of hydrogen-bond donors (Lipinski definition) is 0. The summed E-state index contributed by atoms with van der Waals surface area (Å²) in [5.41, 5.74) is 0.0776. The maximum Gasteiger partial charge on any atom is 0.498 e. The minimum absolute atomic E-state index is 0.371. The Kier molecular flexibility index (Phi) is 4.17. The number of anilines is 1. The second kappa shape index (κ2) is 5.90. The van der Waals surface area contributed by atoms with E-state index in [-0.39, 0.29) is 11.2 Å². The topological polar surface area (TPSA) is 60.6 Å². The molecule has 1 fully saturated rings. The fourth-order valence-corrected chi connectivity index (χ4v) is 2.50. The van der Waals surface area contributed by atoms with E-state index in [9.17, 15) is 0 Å². The molecule has 0 aliphatic carbocycles. The van der Waals surface area contributed by atoms with E-state index in [1.807, 2.05) is 58.7 Å². The lowest BCUT2D eigenvalue weighted by Crippen LogP contribution is -2.41. The van der Waals surface area contributed by atoms with E-state index >= 15 is 0 Å². The largest absolute Gasteiger partial charge is 0.498 e. The molecule has 1 saturated heterocycles. The van der Waals surface area contributed by atoms with Gasteiger partial charge in [-0.2, -0.15) is 0 Å². The van der Waals surface area contributed by atoms with E-state index in [2.05, 4.69) is 9.97 Å². The molecule has 2 aromatic rings. The first-order valence-electron chi connectivity index (χ1n) is 8.12. The van der Waals surface area contributed by atoms with Gasteiger partial charge in [0.25, 0.3) is 0 Å². The monoisotopic (exact) mass is 329 g/mol. The highest BCUT2D eigenvalue weighted by atomic mass is 16.7. The van der Waals surface area contributed by atoms with Gasteiger partial charge < -0.3 is 18.6 Å². The smallest absolute Gasteiger partial charge is 0.464 e. The first kappa shape index (κ1) is 17.0. The lowest BCUT2D eigenvalue weighted by atomic mass is 9.81. The number of furan rings is 1. The molecule has 0 spiro atoms. The van der Waals surface area contributed by atoms with Gasteiger partial charge in [0.1, 0.15) is 11.5 Å². The van der Waals surface area contributed by atoms with E-state index in [0.717, 1.165) is 17.0 Å². The van der Waals surface area contributed by atoms with Crippen molar-refractivity contribution in [3.63, 3.8) is 0 Å². The molecule has 0 N–H and O–H groups in total. The molecular weight excluding hydrogens is 305 g/mol. The predicted molar refractivity (Wildman–Crippen MR) is 93.3 cm³/mol. The Labute approximate surface area is 143 Å². The summed E-state index contributed by atoms with van der Waals surface area (Å²) in [6, 6.07) is 3.91. The maximum absolute atomic E-state index is 6.02. The lowest BCUT2D eigenvalue weighted by Gasteiger charge is -2.32. The quantitative estimate of drug-likeness (QED) is 0.802. The summed E-state index contributed by atoms with van der Waals surface area (Å²) in [7, 11) is 1.49. The second-order valence-electron chi connectivity index (χ2n) is 7.27. The molecule has 3 rings (SSSR count). The van der Waals surface area contributed by atoms with Crippen molar-refractivity contribution in [2.75, 3.05) is 11.9 Å². The summed E-state index contributed by atoms with van der Waals surface area (Å²) in [5, 5.41) is 0. The lowest BCUT2D eigenvalue weighted by molar-refractivity contribution is 0.00578. The Morgan fingerprint density at radius 1 is 1.04 bits per heavy atom. The van der Waals surface area contributed by atoms with Crippen LogP contribution in [0.25, 0.3) is 0 Å². The van der Waals surface area contributed by atoms with Crippen molar-refractivity contribution in [3.8, 4) is 0 Å². The minimum atomic E-state index is -0.443. The van der Waals surface area contributed by atoms with Crippen molar-refractivity contribution in [2.24, 2.45) is 0 Å². The van der Waals surface area contributed by atoms with Gasteiger partial charge >= 0.3 is 7.12 Å². The molecule has 0 radical (unpaired) electrons. The zero-order valence-electron chi connectivity index (χ0n) is 15.2. The first-order chi connectivity index (χ1) is 11.2. The summed E-state index contributed by atoms with van der Waals surface area (Å²) >= 11 is 0. The van der Waals surface area contributed by atoms with Crippen LogP contribution in [0.3, 0.4) is 0 Å². The van der Waals surface area contributed by atoms with Crippen LogP contribution < -0.4 is 10.4 Å². The molecule has 7 heteroatoms. The summed E-state index contributed by atoms with van der Waals surface area (Å²) < 4.78 is 17.6. The maximum atomic E-state index is 6.02. The van der Waals surface area contributed by atoms with Crippen molar-refractivity contribution in [1.29, 1.82) is 0 Å². The summed E-state index contributed by atoms with van der Waals surface area (Å²) in [6.07, 6.45) is 3.52. The number of aromatic nitrogens is 2. The highest BCUT2D eigenvalue weighted by Gasteiger charge is 2.51. The van der Waals surface area contributed by atoms with Gasteiger partial charge in [0.05, 0.1) is 17.7 Å². The van der Waals surface area contributed by atoms with Crippen LogP contribution in [-0.2, 0) is 15.9 Å². The number of hydrogen-bond acceptors (Lipinski definition) is 6. The van der Waals surface area contributed by atoms with Crippen molar-refractivity contribution >= 4 is 18.5 Å². The van der Waals surface area contributed by atoms with Gasteiger partial charge in [0, 0.05) is 24.9 Å². The number of aryl methyl sites for hydroxylation is 1. The Balaban J connectivity index is 1.70. The van der Waals surface area contributed by atoms with Crippen LogP contribution in [0, 0.1) is 6.92 Å². The average molecular weight is 329 g/mol. The van der Waals surface area contributed by atoms with Gasteiger partial charge in [-0.15, -0.1) is 0 Å². The number of nitrogens with zero attached hydrogens (tertiary/aromatic N) is 3. The van der Waals surface area contributed by atoms with Gasteiger partial charge in [-0.05, 0) is 46.8 Å². The Bertz CT molecular complexity index is 696. The molecular formula is C17H24BN3O3. The molecule has 1 aliphatic heterocycles. The normalized spacial score (nSPS) is 18.8. The molecule has 0 amide bonds. The molecule has 128 valence electrons. The SMILES string of the molecule is Cc1ccc(CN(C)c2ncc(B3OC(C)(C)C(C)(C)O3)cn2)o1. The standard InChI is InChI=1S/C17H24BN3O3/c1-12-7-8-14(22-12)11-21(6)15-19-9-13(10-20-15)18-23-16(2,3)17(4,5)24-18/h7-10H,11H2,1-6H3. The van der Waals surface area contributed by atoms with E-state index in [4.69, 9.17) is 13.7 Å².